The molecule has 0 radical (unpaired) electrons. The van der Waals surface area contributed by atoms with E-state index in [9.17, 15) is 4.79 Å². The molecule has 1 rings (SSSR count). The third-order valence-electron chi connectivity index (χ3n) is 2.04. The maximum atomic E-state index is 11.3. The van der Waals surface area contributed by atoms with Gasteiger partial charge in [0.1, 0.15) is 0 Å². The number of nitrogens with one attached hydrogen (secondary N) is 1. The Morgan fingerprint density at radius 3 is 2.64 bits per heavy atom. The fraction of sp³-hybridized carbons (Fsp3) is 0.875. The average Bonchev–Trinajstić information content (AvgIpc) is 1.85. The first-order valence-corrected chi connectivity index (χ1v) is 4.15. The van der Waals surface area contributed by atoms with Crippen LogP contribution < -0.4 is 5.32 Å². The van der Waals surface area contributed by atoms with Crippen LogP contribution in [0.4, 0.5) is 0 Å². The highest BCUT2D eigenvalue weighted by Crippen LogP contribution is 2.07. The Kier molecular flexibility index (Phi) is 2.49. The molecule has 3 heteroatoms. The molecule has 0 aromatic carbocycles. The second kappa shape index (κ2) is 3.22. The van der Waals surface area contributed by atoms with E-state index in [1.807, 2.05) is 4.90 Å². The van der Waals surface area contributed by atoms with Crippen LogP contribution in [0.5, 0.6) is 0 Å². The van der Waals surface area contributed by atoms with Crippen molar-refractivity contribution in [3.05, 3.63) is 0 Å². The van der Waals surface area contributed by atoms with Gasteiger partial charge in [-0.2, -0.15) is 0 Å². The summed E-state index contributed by atoms with van der Waals surface area (Å²) in [4.78, 5) is 13.3. The molecule has 0 aromatic rings. The molecule has 1 aliphatic rings. The quantitative estimate of drug-likeness (QED) is 0.589. The summed E-state index contributed by atoms with van der Waals surface area (Å²) < 4.78 is 0. The maximum Gasteiger partial charge on any atom is 0.237 e. The molecular weight excluding hydrogens is 140 g/mol. The Bertz CT molecular complexity index is 156. The van der Waals surface area contributed by atoms with Crippen LogP contribution in [0.1, 0.15) is 20.8 Å². The molecule has 1 aliphatic heterocycles. The molecule has 1 fully saturated rings. The average molecular weight is 156 g/mol. The van der Waals surface area contributed by atoms with E-state index >= 15 is 0 Å². The summed E-state index contributed by atoms with van der Waals surface area (Å²) in [6, 6.07) is 0.677. The monoisotopic (exact) mass is 156 g/mol. The Morgan fingerprint density at radius 2 is 2.27 bits per heavy atom. The summed E-state index contributed by atoms with van der Waals surface area (Å²) in [6.45, 7) is 7.61. The molecule has 11 heavy (non-hydrogen) atoms. The van der Waals surface area contributed by atoms with Crippen LogP contribution in [0.15, 0.2) is 0 Å². The van der Waals surface area contributed by atoms with Gasteiger partial charge in [-0.3, -0.25) is 4.79 Å². The first-order valence-electron chi connectivity index (χ1n) is 4.15. The number of rotatable bonds is 1. The molecule has 1 amide bonds. The highest BCUT2D eigenvalue weighted by Gasteiger charge is 2.25. The van der Waals surface area contributed by atoms with Crippen LogP contribution in [0.3, 0.4) is 0 Å². The highest BCUT2D eigenvalue weighted by molar-refractivity contribution is 5.79. The highest BCUT2D eigenvalue weighted by atomic mass is 16.2. The van der Waals surface area contributed by atoms with E-state index in [2.05, 4.69) is 26.1 Å². The summed E-state index contributed by atoms with van der Waals surface area (Å²) in [5.74, 6) is 0.221. The van der Waals surface area contributed by atoms with E-state index in [1.165, 1.54) is 0 Å². The predicted octanol–water partition coefficient (Wildman–Crippen LogP) is 0.215. The lowest BCUT2D eigenvalue weighted by atomic mass is 10.1. The minimum absolute atomic E-state index is 0.221. The van der Waals surface area contributed by atoms with Gasteiger partial charge in [0, 0.05) is 18.6 Å². The normalized spacial score (nSPS) is 26.4. The van der Waals surface area contributed by atoms with Gasteiger partial charge in [-0.05, 0) is 20.8 Å². The van der Waals surface area contributed by atoms with Gasteiger partial charge in [0.05, 0.1) is 6.54 Å². The SMILES string of the molecule is CC(C)N1C(=O)CNCC1C. The second-order valence-corrected chi connectivity index (χ2v) is 3.37. The molecule has 64 valence electrons. The fourth-order valence-corrected chi connectivity index (χ4v) is 1.62. The van der Waals surface area contributed by atoms with Gasteiger partial charge in [-0.15, -0.1) is 0 Å². The topological polar surface area (TPSA) is 32.3 Å². The molecule has 1 heterocycles. The number of carbonyl (C=O) groups is 1. The zero-order chi connectivity index (χ0) is 8.43. The van der Waals surface area contributed by atoms with E-state index < -0.39 is 0 Å². The lowest BCUT2D eigenvalue weighted by Gasteiger charge is -2.36. The van der Waals surface area contributed by atoms with E-state index in [1.54, 1.807) is 0 Å². The Labute approximate surface area is 67.8 Å². The molecule has 1 unspecified atom stereocenters. The molecule has 3 nitrogen and oxygen atoms in total. The van der Waals surface area contributed by atoms with Crippen molar-refractivity contribution in [3.8, 4) is 0 Å². The van der Waals surface area contributed by atoms with Crippen molar-refractivity contribution in [1.29, 1.82) is 0 Å². The number of hydrogen-bond acceptors (Lipinski definition) is 2. The first kappa shape index (κ1) is 8.53. The second-order valence-electron chi connectivity index (χ2n) is 3.37. The summed E-state index contributed by atoms with van der Waals surface area (Å²) in [5, 5.41) is 3.08. The zero-order valence-electron chi connectivity index (χ0n) is 7.42. The van der Waals surface area contributed by atoms with E-state index in [-0.39, 0.29) is 5.91 Å². The molecule has 0 spiro atoms. The lowest BCUT2D eigenvalue weighted by Crippen LogP contribution is -2.56. The minimum Gasteiger partial charge on any atom is -0.335 e. The van der Waals surface area contributed by atoms with Crippen molar-refractivity contribution >= 4 is 5.91 Å². The molecule has 0 aliphatic carbocycles. The minimum atomic E-state index is 0.221. The zero-order valence-corrected chi connectivity index (χ0v) is 7.42. The van der Waals surface area contributed by atoms with Crippen LogP contribution in [-0.2, 0) is 4.79 Å². The van der Waals surface area contributed by atoms with E-state index in [4.69, 9.17) is 0 Å². The van der Waals surface area contributed by atoms with Crippen LogP contribution in [0.2, 0.25) is 0 Å². The number of carbonyl (C=O) groups excluding carboxylic acids is 1. The van der Waals surface area contributed by atoms with Gasteiger partial charge in [0.2, 0.25) is 5.91 Å². The Hall–Kier alpha value is -0.570. The van der Waals surface area contributed by atoms with Gasteiger partial charge in [0.25, 0.3) is 0 Å². The Morgan fingerprint density at radius 1 is 1.64 bits per heavy atom. The van der Waals surface area contributed by atoms with Crippen LogP contribution in [0, 0.1) is 0 Å². The molecule has 0 saturated carbocycles. The van der Waals surface area contributed by atoms with Gasteiger partial charge >= 0.3 is 0 Å². The van der Waals surface area contributed by atoms with Crippen LogP contribution >= 0.6 is 0 Å². The molecule has 0 bridgehead atoms. The summed E-state index contributed by atoms with van der Waals surface area (Å²) in [5.41, 5.74) is 0. The molecule has 1 atom stereocenters. The predicted molar refractivity (Wildman–Crippen MR) is 44.3 cm³/mol. The number of amides is 1. The van der Waals surface area contributed by atoms with E-state index in [0.717, 1.165) is 6.54 Å². The van der Waals surface area contributed by atoms with Crippen molar-refractivity contribution in [3.63, 3.8) is 0 Å². The lowest BCUT2D eigenvalue weighted by molar-refractivity contribution is -0.136. The standard InChI is InChI=1S/C8H16N2O/c1-6(2)10-7(3)4-9-5-8(10)11/h6-7,9H,4-5H2,1-3H3. The van der Waals surface area contributed by atoms with Crippen molar-refractivity contribution in [2.75, 3.05) is 13.1 Å². The number of piperazine rings is 1. The molecule has 1 saturated heterocycles. The molecular formula is C8H16N2O. The summed E-state index contributed by atoms with van der Waals surface area (Å²) >= 11 is 0. The molecule has 0 aromatic heterocycles. The van der Waals surface area contributed by atoms with Gasteiger partial charge < -0.3 is 10.2 Å². The van der Waals surface area contributed by atoms with Crippen molar-refractivity contribution in [2.45, 2.75) is 32.9 Å². The smallest absolute Gasteiger partial charge is 0.237 e. The van der Waals surface area contributed by atoms with Gasteiger partial charge in [0.15, 0.2) is 0 Å². The third-order valence-corrected chi connectivity index (χ3v) is 2.04. The van der Waals surface area contributed by atoms with E-state index in [0.29, 0.717) is 18.6 Å². The molecule has 1 N–H and O–H groups in total. The van der Waals surface area contributed by atoms with Crippen molar-refractivity contribution in [1.82, 2.24) is 10.2 Å². The fourth-order valence-electron chi connectivity index (χ4n) is 1.62. The summed E-state index contributed by atoms with van der Waals surface area (Å²) in [7, 11) is 0. The third kappa shape index (κ3) is 1.71. The van der Waals surface area contributed by atoms with Gasteiger partial charge in [-0.25, -0.2) is 0 Å². The maximum absolute atomic E-state index is 11.3. The largest absolute Gasteiger partial charge is 0.335 e. The van der Waals surface area contributed by atoms with Crippen molar-refractivity contribution < 1.29 is 4.79 Å². The number of hydrogen-bond donors (Lipinski definition) is 1. The van der Waals surface area contributed by atoms with Crippen molar-refractivity contribution in [2.24, 2.45) is 0 Å². The summed E-state index contributed by atoms with van der Waals surface area (Å²) in [6.07, 6.45) is 0. The van der Waals surface area contributed by atoms with Gasteiger partial charge in [-0.1, -0.05) is 0 Å². The Balaban J connectivity index is 2.63. The first-order chi connectivity index (χ1) is 5.13. The van der Waals surface area contributed by atoms with Crippen LogP contribution in [-0.4, -0.2) is 36.0 Å². The number of nitrogens with zero attached hydrogens (tertiary/aromatic N) is 1. The van der Waals surface area contributed by atoms with Crippen LogP contribution in [0.25, 0.3) is 0 Å².